The van der Waals surface area contributed by atoms with Crippen molar-refractivity contribution >= 4 is 41.9 Å². The first-order valence-corrected chi connectivity index (χ1v) is 19.7. The van der Waals surface area contributed by atoms with Crippen molar-refractivity contribution in [2.45, 2.75) is 43.9 Å². The number of rotatable bonds is 11. The first kappa shape index (κ1) is 34.0. The largest absolute Gasteiger partial charge is 0.407 e. The van der Waals surface area contributed by atoms with Gasteiger partial charge in [0.1, 0.15) is 16.9 Å². The zero-order valence-electron chi connectivity index (χ0n) is 28.2. The van der Waals surface area contributed by atoms with Crippen LogP contribution in [0.3, 0.4) is 0 Å². The molecule has 0 fully saturated rings. The van der Waals surface area contributed by atoms with E-state index in [0.717, 1.165) is 16.7 Å². The van der Waals surface area contributed by atoms with Gasteiger partial charge in [0, 0.05) is 24.4 Å². The molecule has 0 unspecified atom stereocenters. The van der Waals surface area contributed by atoms with Crippen molar-refractivity contribution in [3.63, 3.8) is 0 Å². The molecule has 3 aliphatic carbocycles. The minimum absolute atomic E-state index is 0.0342. The topological polar surface area (TPSA) is 27.7 Å². The maximum absolute atomic E-state index is 7.67. The summed E-state index contributed by atoms with van der Waals surface area (Å²) in [7, 11) is -2.86. The molecule has 3 aliphatic rings. The number of hydrogen-bond acceptors (Lipinski definition) is 3. The number of ether oxygens (including phenoxy) is 2. The van der Waals surface area contributed by atoms with Crippen LogP contribution in [0.4, 0.5) is 0 Å². The molecule has 8 rings (SSSR count). The van der Waals surface area contributed by atoms with E-state index in [1.54, 1.807) is 0 Å². The lowest BCUT2D eigenvalue weighted by Crippen LogP contribution is -2.67. The van der Waals surface area contributed by atoms with E-state index in [9.17, 15) is 0 Å². The number of benzene rings is 5. The quantitative estimate of drug-likeness (QED) is 0.0779. The molecule has 0 aromatic heterocycles. The number of fused-ring (bicyclic) bond motifs is 1. The van der Waals surface area contributed by atoms with Crippen molar-refractivity contribution in [2.24, 2.45) is 11.8 Å². The van der Waals surface area contributed by atoms with Crippen molar-refractivity contribution in [1.82, 2.24) is 0 Å². The normalized spacial score (nSPS) is 21.1. The van der Waals surface area contributed by atoms with E-state index in [2.05, 4.69) is 142 Å². The fourth-order valence-electron chi connectivity index (χ4n) is 8.53. The van der Waals surface area contributed by atoms with Crippen LogP contribution in [0.25, 0.3) is 0 Å². The molecule has 0 saturated heterocycles. The van der Waals surface area contributed by atoms with Gasteiger partial charge in [-0.1, -0.05) is 183 Å². The van der Waals surface area contributed by atoms with E-state index >= 15 is 0 Å². The van der Waals surface area contributed by atoms with E-state index in [0.29, 0.717) is 13.2 Å². The lowest BCUT2D eigenvalue weighted by Gasteiger charge is -2.57. The van der Waals surface area contributed by atoms with Gasteiger partial charge in [0.25, 0.3) is 8.32 Å². The zero-order chi connectivity index (χ0) is 34.1. The molecule has 49 heavy (non-hydrogen) atoms. The molecule has 5 aromatic rings. The van der Waals surface area contributed by atoms with Gasteiger partial charge in [0.05, 0.1) is 6.61 Å². The SMILES string of the molecule is CC(C)(C)[Si](OC[C@H]1C2c3ccccc3C(OCOCc3ccccc3)(c3ccccc32)[C@H]1C=C(Cl)Cl)(c1ccccc1)c1ccccc1. The molecular formula is C43H42Cl2O3Si. The van der Waals surface area contributed by atoms with E-state index in [-0.39, 0.29) is 34.1 Å². The standard InChI is InChI=1S/C43H42Cl2O3Si/c1-42(2,3)49(32-19-9-5-10-20-32,33-21-11-6-12-22-33)48-29-36-39(27-40(44)45)43(47-30-46-28-31-17-7-4-8-18-31)37-25-15-13-23-34(37)41(36)35-24-14-16-26-38(35)43/h4-27,36,39,41H,28-30H2,1-3H3/t36-,39+,41?,43?/m1/s1. The van der Waals surface area contributed by atoms with Crippen molar-refractivity contribution in [1.29, 1.82) is 0 Å². The van der Waals surface area contributed by atoms with Crippen LogP contribution in [-0.4, -0.2) is 21.7 Å². The molecule has 2 bridgehead atoms. The summed E-state index contributed by atoms with van der Waals surface area (Å²) < 4.78 is 21.2. The molecule has 0 aliphatic heterocycles. The Balaban J connectivity index is 1.36. The van der Waals surface area contributed by atoms with Gasteiger partial charge in [0.15, 0.2) is 0 Å². The van der Waals surface area contributed by atoms with E-state index in [1.165, 1.54) is 21.5 Å². The summed E-state index contributed by atoms with van der Waals surface area (Å²) in [6.45, 7) is 7.98. The van der Waals surface area contributed by atoms with Crippen LogP contribution in [0, 0.1) is 11.8 Å². The molecule has 250 valence electrons. The van der Waals surface area contributed by atoms with E-state index < -0.39 is 13.9 Å². The van der Waals surface area contributed by atoms with Crippen molar-refractivity contribution in [3.8, 4) is 0 Å². The molecule has 0 saturated carbocycles. The van der Waals surface area contributed by atoms with Gasteiger partial charge < -0.3 is 13.9 Å². The minimum atomic E-state index is -2.86. The molecule has 6 heteroatoms. The second-order valence-electron chi connectivity index (χ2n) is 14.1. The summed E-state index contributed by atoms with van der Waals surface area (Å²) in [5, 5.41) is 2.32. The van der Waals surface area contributed by atoms with Crippen molar-refractivity contribution < 1.29 is 13.9 Å². The molecule has 0 spiro atoms. The minimum Gasteiger partial charge on any atom is -0.407 e. The predicted octanol–water partition coefficient (Wildman–Crippen LogP) is 9.71. The van der Waals surface area contributed by atoms with Gasteiger partial charge in [0.2, 0.25) is 0 Å². The molecule has 0 amide bonds. The summed E-state index contributed by atoms with van der Waals surface area (Å²) in [4.78, 5) is 0. The lowest BCUT2D eigenvalue weighted by molar-refractivity contribution is -0.168. The third-order valence-electron chi connectivity index (χ3n) is 10.4. The molecule has 0 radical (unpaired) electrons. The summed E-state index contributed by atoms with van der Waals surface area (Å²) in [6.07, 6.45) is 1.98. The average Bonchev–Trinajstić information content (AvgIpc) is 3.12. The Bertz CT molecular complexity index is 1820. The maximum Gasteiger partial charge on any atom is 0.261 e. The second kappa shape index (κ2) is 14.0. The van der Waals surface area contributed by atoms with Gasteiger partial charge in [-0.15, -0.1) is 0 Å². The van der Waals surface area contributed by atoms with Crippen LogP contribution >= 0.6 is 23.2 Å². The maximum atomic E-state index is 7.67. The molecular weight excluding hydrogens is 663 g/mol. The van der Waals surface area contributed by atoms with Crippen LogP contribution in [0.1, 0.15) is 54.5 Å². The number of halogens is 2. The van der Waals surface area contributed by atoms with E-state index in [1.807, 2.05) is 24.3 Å². The fourth-order valence-corrected chi connectivity index (χ4v) is 13.4. The predicted molar refractivity (Wildman–Crippen MR) is 203 cm³/mol. The molecule has 2 atom stereocenters. The van der Waals surface area contributed by atoms with Crippen LogP contribution in [0.15, 0.2) is 150 Å². The first-order chi connectivity index (χ1) is 23.8. The van der Waals surface area contributed by atoms with Crippen LogP contribution in [0.5, 0.6) is 0 Å². The highest BCUT2D eigenvalue weighted by Gasteiger charge is 2.60. The van der Waals surface area contributed by atoms with Crippen LogP contribution in [-0.2, 0) is 26.1 Å². The Morgan fingerprint density at radius 1 is 0.694 bits per heavy atom. The van der Waals surface area contributed by atoms with Crippen LogP contribution < -0.4 is 10.4 Å². The third kappa shape index (κ3) is 6.03. The lowest BCUT2D eigenvalue weighted by atomic mass is 9.52. The monoisotopic (exact) mass is 704 g/mol. The summed E-state index contributed by atoms with van der Waals surface area (Å²) in [5.41, 5.74) is 4.94. The van der Waals surface area contributed by atoms with Crippen LogP contribution in [0.2, 0.25) is 5.04 Å². The Kier molecular flexibility index (Phi) is 9.73. The molecule has 0 N–H and O–H groups in total. The first-order valence-electron chi connectivity index (χ1n) is 17.0. The molecule has 3 nitrogen and oxygen atoms in total. The van der Waals surface area contributed by atoms with Gasteiger partial charge in [-0.3, -0.25) is 0 Å². The van der Waals surface area contributed by atoms with E-state index in [4.69, 9.17) is 37.1 Å². The zero-order valence-corrected chi connectivity index (χ0v) is 30.7. The Morgan fingerprint density at radius 2 is 1.18 bits per heavy atom. The van der Waals surface area contributed by atoms with Gasteiger partial charge >= 0.3 is 0 Å². The average molecular weight is 706 g/mol. The van der Waals surface area contributed by atoms with Gasteiger partial charge in [-0.25, -0.2) is 0 Å². The van der Waals surface area contributed by atoms with Gasteiger partial charge in [-0.2, -0.15) is 0 Å². The third-order valence-corrected chi connectivity index (χ3v) is 15.7. The summed E-state index contributed by atoms with van der Waals surface area (Å²) in [6, 6.07) is 49.1. The second-order valence-corrected chi connectivity index (χ2v) is 19.4. The van der Waals surface area contributed by atoms with Crippen molar-refractivity contribution in [2.75, 3.05) is 13.4 Å². The Labute approximate surface area is 301 Å². The van der Waals surface area contributed by atoms with Gasteiger partial charge in [-0.05, 0) is 49.3 Å². The Hall–Kier alpha value is -3.48. The highest BCUT2D eigenvalue weighted by atomic mass is 35.5. The summed E-state index contributed by atoms with van der Waals surface area (Å²) >= 11 is 13.3. The highest BCUT2D eigenvalue weighted by Crippen LogP contribution is 2.63. The number of hydrogen-bond donors (Lipinski definition) is 0. The highest BCUT2D eigenvalue weighted by molar-refractivity contribution is 6.99. The smallest absolute Gasteiger partial charge is 0.261 e. The fraction of sp³-hybridized carbons (Fsp3) is 0.256. The van der Waals surface area contributed by atoms with Crippen molar-refractivity contribution in [3.05, 3.63) is 178 Å². The summed E-state index contributed by atoms with van der Waals surface area (Å²) in [5.74, 6) is -0.214. The Morgan fingerprint density at radius 3 is 1.69 bits per heavy atom. The molecule has 0 heterocycles. The molecule has 5 aromatic carbocycles.